The Bertz CT molecular complexity index is 348. The Kier molecular flexibility index (Phi) is 3.90. The van der Waals surface area contributed by atoms with Gasteiger partial charge in [-0.25, -0.2) is 0 Å². The van der Waals surface area contributed by atoms with Crippen LogP contribution in [-0.2, 0) is 4.74 Å². The molecule has 1 aromatic carbocycles. The highest BCUT2D eigenvalue weighted by Crippen LogP contribution is 2.39. The fourth-order valence-electron chi connectivity index (χ4n) is 2.02. The standard InChI is InChI=1S/C13H19NOS/c1-11-3-2-4-12(9-11)16-13(10-14)5-7-15-8-6-13/h2-4,9H,5-8,10,14H2,1H3. The Morgan fingerprint density at radius 1 is 1.38 bits per heavy atom. The summed E-state index contributed by atoms with van der Waals surface area (Å²) in [6.45, 7) is 4.55. The van der Waals surface area contributed by atoms with Crippen molar-refractivity contribution < 1.29 is 4.74 Å². The van der Waals surface area contributed by atoms with Crippen LogP contribution in [0.5, 0.6) is 0 Å². The van der Waals surface area contributed by atoms with Crippen molar-refractivity contribution in [3.63, 3.8) is 0 Å². The van der Waals surface area contributed by atoms with E-state index in [1.165, 1.54) is 10.5 Å². The predicted molar refractivity (Wildman–Crippen MR) is 68.9 cm³/mol. The van der Waals surface area contributed by atoms with Crippen molar-refractivity contribution in [2.75, 3.05) is 19.8 Å². The van der Waals surface area contributed by atoms with Crippen molar-refractivity contribution in [2.45, 2.75) is 29.4 Å². The Hall–Kier alpha value is -0.510. The summed E-state index contributed by atoms with van der Waals surface area (Å²) in [5.41, 5.74) is 7.26. The summed E-state index contributed by atoms with van der Waals surface area (Å²) in [6, 6.07) is 8.65. The van der Waals surface area contributed by atoms with Gasteiger partial charge >= 0.3 is 0 Å². The number of rotatable bonds is 3. The lowest BCUT2D eigenvalue weighted by Gasteiger charge is -2.35. The lowest BCUT2D eigenvalue weighted by molar-refractivity contribution is 0.0792. The van der Waals surface area contributed by atoms with Crippen LogP contribution >= 0.6 is 11.8 Å². The molecule has 1 fully saturated rings. The van der Waals surface area contributed by atoms with E-state index in [-0.39, 0.29) is 4.75 Å². The van der Waals surface area contributed by atoms with Crippen LogP contribution in [-0.4, -0.2) is 24.5 Å². The largest absolute Gasteiger partial charge is 0.381 e. The van der Waals surface area contributed by atoms with Crippen LogP contribution in [0.25, 0.3) is 0 Å². The zero-order valence-electron chi connectivity index (χ0n) is 9.74. The third kappa shape index (κ3) is 2.78. The number of thioether (sulfide) groups is 1. The monoisotopic (exact) mass is 237 g/mol. The van der Waals surface area contributed by atoms with Gasteiger partial charge in [-0.15, -0.1) is 11.8 Å². The second-order valence-corrected chi connectivity index (χ2v) is 5.96. The van der Waals surface area contributed by atoms with Gasteiger partial charge in [-0.05, 0) is 31.9 Å². The van der Waals surface area contributed by atoms with Crippen LogP contribution < -0.4 is 5.73 Å². The van der Waals surface area contributed by atoms with Crippen molar-refractivity contribution in [1.82, 2.24) is 0 Å². The van der Waals surface area contributed by atoms with Gasteiger partial charge in [0.05, 0.1) is 0 Å². The van der Waals surface area contributed by atoms with Gasteiger partial charge in [0.2, 0.25) is 0 Å². The molecule has 2 nitrogen and oxygen atoms in total. The number of benzene rings is 1. The van der Waals surface area contributed by atoms with E-state index < -0.39 is 0 Å². The van der Waals surface area contributed by atoms with Gasteiger partial charge in [0.25, 0.3) is 0 Å². The molecule has 2 rings (SSSR count). The maximum atomic E-state index is 5.95. The van der Waals surface area contributed by atoms with Gasteiger partial charge in [0.1, 0.15) is 0 Å². The van der Waals surface area contributed by atoms with Gasteiger partial charge in [-0.1, -0.05) is 17.7 Å². The van der Waals surface area contributed by atoms with Crippen molar-refractivity contribution in [3.8, 4) is 0 Å². The summed E-state index contributed by atoms with van der Waals surface area (Å²) >= 11 is 1.92. The Morgan fingerprint density at radius 2 is 2.12 bits per heavy atom. The molecule has 1 aliphatic rings. The Balaban J connectivity index is 2.11. The minimum atomic E-state index is 0.187. The molecule has 0 aliphatic carbocycles. The number of hydrogen-bond donors (Lipinski definition) is 1. The van der Waals surface area contributed by atoms with Gasteiger partial charge in [0, 0.05) is 29.4 Å². The first kappa shape index (κ1) is 12.0. The molecule has 16 heavy (non-hydrogen) atoms. The maximum Gasteiger partial charge on any atom is 0.0479 e. The molecule has 0 unspecified atom stereocenters. The highest BCUT2D eigenvalue weighted by atomic mass is 32.2. The molecule has 2 N–H and O–H groups in total. The molecule has 0 amide bonds. The van der Waals surface area contributed by atoms with Crippen molar-refractivity contribution >= 4 is 11.8 Å². The van der Waals surface area contributed by atoms with E-state index in [0.717, 1.165) is 32.6 Å². The summed E-state index contributed by atoms with van der Waals surface area (Å²) in [7, 11) is 0. The first-order valence-electron chi connectivity index (χ1n) is 5.78. The van der Waals surface area contributed by atoms with Gasteiger partial charge in [-0.2, -0.15) is 0 Å². The lowest BCUT2D eigenvalue weighted by Crippen LogP contribution is -2.40. The van der Waals surface area contributed by atoms with Crippen LogP contribution in [0.4, 0.5) is 0 Å². The highest BCUT2D eigenvalue weighted by molar-refractivity contribution is 8.00. The average molecular weight is 237 g/mol. The maximum absolute atomic E-state index is 5.95. The highest BCUT2D eigenvalue weighted by Gasteiger charge is 2.32. The van der Waals surface area contributed by atoms with E-state index >= 15 is 0 Å². The molecule has 1 saturated heterocycles. The normalized spacial score (nSPS) is 19.6. The molecule has 0 radical (unpaired) electrons. The SMILES string of the molecule is Cc1cccc(SC2(CN)CCOCC2)c1. The Labute approximate surface area is 102 Å². The van der Waals surface area contributed by atoms with E-state index in [2.05, 4.69) is 31.2 Å². The molecule has 0 aromatic heterocycles. The second-order valence-electron chi connectivity index (χ2n) is 4.42. The average Bonchev–Trinajstić information content (AvgIpc) is 2.30. The molecule has 0 bridgehead atoms. The molecule has 3 heteroatoms. The van der Waals surface area contributed by atoms with Crippen LogP contribution in [0, 0.1) is 6.92 Å². The molecule has 0 saturated carbocycles. The zero-order valence-corrected chi connectivity index (χ0v) is 10.6. The molecular formula is C13H19NOS. The summed E-state index contributed by atoms with van der Waals surface area (Å²) in [5.74, 6) is 0. The zero-order chi connectivity index (χ0) is 11.4. The minimum Gasteiger partial charge on any atom is -0.381 e. The molecule has 0 atom stereocenters. The first-order valence-corrected chi connectivity index (χ1v) is 6.59. The van der Waals surface area contributed by atoms with E-state index in [9.17, 15) is 0 Å². The summed E-state index contributed by atoms with van der Waals surface area (Å²) < 4.78 is 5.61. The van der Waals surface area contributed by atoms with Crippen LogP contribution in [0.2, 0.25) is 0 Å². The second kappa shape index (κ2) is 5.21. The fourth-order valence-corrected chi connectivity index (χ4v) is 3.37. The van der Waals surface area contributed by atoms with Crippen LogP contribution in [0.15, 0.2) is 29.2 Å². The quantitative estimate of drug-likeness (QED) is 0.877. The minimum absolute atomic E-state index is 0.187. The van der Waals surface area contributed by atoms with E-state index in [4.69, 9.17) is 10.5 Å². The Morgan fingerprint density at radius 3 is 2.75 bits per heavy atom. The van der Waals surface area contributed by atoms with Gasteiger partial charge in [-0.3, -0.25) is 0 Å². The fraction of sp³-hybridized carbons (Fsp3) is 0.538. The van der Waals surface area contributed by atoms with Crippen molar-refractivity contribution in [3.05, 3.63) is 29.8 Å². The predicted octanol–water partition coefficient (Wildman–Crippen LogP) is 2.60. The number of hydrogen-bond acceptors (Lipinski definition) is 3. The molecule has 1 aromatic rings. The number of ether oxygens (including phenoxy) is 1. The summed E-state index contributed by atoms with van der Waals surface area (Å²) in [6.07, 6.45) is 2.12. The molecule has 88 valence electrons. The van der Waals surface area contributed by atoms with Crippen molar-refractivity contribution in [1.29, 1.82) is 0 Å². The summed E-state index contributed by atoms with van der Waals surface area (Å²) in [5, 5.41) is 0. The van der Waals surface area contributed by atoms with Gasteiger partial charge < -0.3 is 10.5 Å². The van der Waals surface area contributed by atoms with Gasteiger partial charge in [0.15, 0.2) is 0 Å². The number of nitrogens with two attached hydrogens (primary N) is 1. The van der Waals surface area contributed by atoms with E-state index in [1.54, 1.807) is 0 Å². The third-order valence-electron chi connectivity index (χ3n) is 3.10. The lowest BCUT2D eigenvalue weighted by atomic mass is 9.99. The smallest absolute Gasteiger partial charge is 0.0479 e. The molecule has 1 heterocycles. The molecule has 1 aliphatic heterocycles. The van der Waals surface area contributed by atoms with Crippen molar-refractivity contribution in [2.24, 2.45) is 5.73 Å². The first-order chi connectivity index (χ1) is 7.74. The summed E-state index contributed by atoms with van der Waals surface area (Å²) in [4.78, 5) is 1.33. The van der Waals surface area contributed by atoms with Crippen LogP contribution in [0.1, 0.15) is 18.4 Å². The topological polar surface area (TPSA) is 35.2 Å². The van der Waals surface area contributed by atoms with Crippen LogP contribution in [0.3, 0.4) is 0 Å². The molecule has 0 spiro atoms. The molecular weight excluding hydrogens is 218 g/mol. The van der Waals surface area contributed by atoms with E-state index in [1.807, 2.05) is 11.8 Å². The van der Waals surface area contributed by atoms with E-state index in [0.29, 0.717) is 0 Å². The third-order valence-corrected chi connectivity index (χ3v) is 4.60. The number of aryl methyl sites for hydroxylation is 1.